The number of rotatable bonds is 0. The average molecular weight is 396 g/mol. The lowest BCUT2D eigenvalue weighted by atomic mass is 9.97. The van der Waals surface area contributed by atoms with E-state index in [1.807, 2.05) is 24.7 Å². The van der Waals surface area contributed by atoms with Crippen molar-refractivity contribution >= 4 is 27.5 Å². The van der Waals surface area contributed by atoms with Gasteiger partial charge in [-0.2, -0.15) is 0 Å². The van der Waals surface area contributed by atoms with E-state index < -0.39 is 0 Å². The molecule has 0 saturated heterocycles. The Balaban J connectivity index is 1.52. The summed E-state index contributed by atoms with van der Waals surface area (Å²) in [6.45, 7) is 0. The summed E-state index contributed by atoms with van der Waals surface area (Å²) in [5.41, 5.74) is 13.8. The molecule has 0 bridgehead atoms. The van der Waals surface area contributed by atoms with Gasteiger partial charge in [0.1, 0.15) is 5.65 Å². The van der Waals surface area contributed by atoms with Gasteiger partial charge in [0.2, 0.25) is 0 Å². The Bertz CT molecular complexity index is 1740. The molecule has 0 saturated carbocycles. The SMILES string of the molecule is c1ccc2c(c1)Cc1c-2ccc2c1-c1nc3c4ccncc4c4ncccc4n3c1C2. The molecule has 2 aromatic carbocycles. The van der Waals surface area contributed by atoms with Crippen LogP contribution in [0.25, 0.3) is 49.8 Å². The fourth-order valence-electron chi connectivity index (χ4n) is 5.70. The molecule has 0 spiro atoms. The minimum absolute atomic E-state index is 0.899. The van der Waals surface area contributed by atoms with E-state index in [4.69, 9.17) is 9.97 Å². The van der Waals surface area contributed by atoms with E-state index in [-0.39, 0.29) is 0 Å². The summed E-state index contributed by atoms with van der Waals surface area (Å²) in [6.07, 6.45) is 7.49. The van der Waals surface area contributed by atoms with E-state index in [2.05, 4.69) is 57.9 Å². The van der Waals surface area contributed by atoms with Crippen molar-refractivity contribution in [2.45, 2.75) is 12.8 Å². The van der Waals surface area contributed by atoms with Crippen molar-refractivity contribution < 1.29 is 0 Å². The fourth-order valence-corrected chi connectivity index (χ4v) is 5.70. The van der Waals surface area contributed by atoms with Crippen molar-refractivity contribution in [1.82, 2.24) is 19.4 Å². The molecule has 4 heterocycles. The zero-order valence-corrected chi connectivity index (χ0v) is 16.6. The fraction of sp³-hybridized carbons (Fsp3) is 0.0741. The first-order valence-electron chi connectivity index (χ1n) is 10.6. The van der Waals surface area contributed by atoms with Crippen molar-refractivity contribution in [2.75, 3.05) is 0 Å². The van der Waals surface area contributed by atoms with Gasteiger partial charge in [-0.05, 0) is 52.4 Å². The predicted octanol–water partition coefficient (Wildman–Crippen LogP) is 5.57. The highest BCUT2D eigenvalue weighted by molar-refractivity contribution is 6.10. The van der Waals surface area contributed by atoms with Crippen LogP contribution in [-0.2, 0) is 12.8 Å². The smallest absolute Gasteiger partial charge is 0.146 e. The molecule has 0 aliphatic heterocycles. The number of aromatic nitrogens is 4. The highest BCUT2D eigenvalue weighted by atomic mass is 15.0. The van der Waals surface area contributed by atoms with Gasteiger partial charge in [-0.3, -0.25) is 14.4 Å². The lowest BCUT2D eigenvalue weighted by Crippen LogP contribution is -1.97. The largest absolute Gasteiger partial charge is 0.294 e. The van der Waals surface area contributed by atoms with E-state index >= 15 is 0 Å². The molecule has 0 radical (unpaired) electrons. The molecule has 0 N–H and O–H groups in total. The molecule has 8 rings (SSSR count). The first kappa shape index (κ1) is 15.7. The maximum atomic E-state index is 5.26. The number of imidazole rings is 1. The molecule has 2 aliphatic carbocycles. The van der Waals surface area contributed by atoms with Crippen LogP contribution in [0.15, 0.2) is 73.2 Å². The number of hydrogen-bond donors (Lipinski definition) is 0. The van der Waals surface area contributed by atoms with Crippen molar-refractivity contribution in [3.05, 3.63) is 95.6 Å². The number of fused-ring (bicyclic) bond motifs is 14. The summed E-state index contributed by atoms with van der Waals surface area (Å²) in [4.78, 5) is 14.3. The summed E-state index contributed by atoms with van der Waals surface area (Å²) < 4.78 is 2.33. The van der Waals surface area contributed by atoms with Gasteiger partial charge >= 0.3 is 0 Å². The van der Waals surface area contributed by atoms with Gasteiger partial charge in [0.05, 0.1) is 22.4 Å². The van der Waals surface area contributed by atoms with Crippen molar-refractivity contribution in [3.63, 3.8) is 0 Å². The quantitative estimate of drug-likeness (QED) is 0.315. The molecule has 0 unspecified atom stereocenters. The van der Waals surface area contributed by atoms with Gasteiger partial charge in [-0.25, -0.2) is 4.98 Å². The van der Waals surface area contributed by atoms with E-state index in [0.29, 0.717) is 0 Å². The Hall–Kier alpha value is -4.05. The predicted molar refractivity (Wildman–Crippen MR) is 122 cm³/mol. The Kier molecular flexibility index (Phi) is 2.72. The summed E-state index contributed by atoms with van der Waals surface area (Å²) >= 11 is 0. The molecular weight excluding hydrogens is 380 g/mol. The Morgan fingerprint density at radius 1 is 0.774 bits per heavy atom. The summed E-state index contributed by atoms with van der Waals surface area (Å²) in [5.74, 6) is 0. The van der Waals surface area contributed by atoms with E-state index in [1.165, 1.54) is 39.1 Å². The lowest BCUT2D eigenvalue weighted by Gasteiger charge is -2.09. The zero-order chi connectivity index (χ0) is 20.1. The van der Waals surface area contributed by atoms with Crippen LogP contribution in [0, 0.1) is 0 Å². The van der Waals surface area contributed by atoms with Gasteiger partial charge in [-0.1, -0.05) is 36.4 Å². The molecule has 0 fully saturated rings. The maximum Gasteiger partial charge on any atom is 0.146 e. The highest BCUT2D eigenvalue weighted by Gasteiger charge is 2.32. The summed E-state index contributed by atoms with van der Waals surface area (Å²) in [5, 5.41) is 2.16. The maximum absolute atomic E-state index is 5.26. The lowest BCUT2D eigenvalue weighted by molar-refractivity contribution is 1.09. The molecular formula is C27H16N4. The number of benzene rings is 2. The van der Waals surface area contributed by atoms with Gasteiger partial charge in [0, 0.05) is 41.3 Å². The topological polar surface area (TPSA) is 43.1 Å². The van der Waals surface area contributed by atoms with Crippen LogP contribution in [-0.4, -0.2) is 19.4 Å². The van der Waals surface area contributed by atoms with Crippen LogP contribution >= 0.6 is 0 Å². The Morgan fingerprint density at radius 3 is 2.74 bits per heavy atom. The average Bonchev–Trinajstić information content (AvgIpc) is 3.48. The van der Waals surface area contributed by atoms with Crippen LogP contribution in [0.5, 0.6) is 0 Å². The van der Waals surface area contributed by atoms with Crippen LogP contribution < -0.4 is 0 Å². The molecule has 6 aromatic rings. The number of hydrogen-bond acceptors (Lipinski definition) is 3. The minimum Gasteiger partial charge on any atom is -0.294 e. The minimum atomic E-state index is 0.899. The van der Waals surface area contributed by atoms with Gasteiger partial charge in [0.25, 0.3) is 0 Å². The van der Waals surface area contributed by atoms with E-state index in [0.717, 1.165) is 46.0 Å². The second-order valence-corrected chi connectivity index (χ2v) is 8.50. The third kappa shape index (κ3) is 1.84. The molecule has 144 valence electrons. The number of pyridine rings is 3. The highest BCUT2D eigenvalue weighted by Crippen LogP contribution is 2.48. The van der Waals surface area contributed by atoms with Gasteiger partial charge in [0.15, 0.2) is 0 Å². The van der Waals surface area contributed by atoms with Crippen molar-refractivity contribution in [3.8, 4) is 22.4 Å². The molecule has 31 heavy (non-hydrogen) atoms. The third-order valence-corrected chi connectivity index (χ3v) is 6.99. The summed E-state index contributed by atoms with van der Waals surface area (Å²) in [7, 11) is 0. The molecule has 4 nitrogen and oxygen atoms in total. The van der Waals surface area contributed by atoms with Crippen molar-refractivity contribution in [2.24, 2.45) is 0 Å². The van der Waals surface area contributed by atoms with E-state index in [9.17, 15) is 0 Å². The summed E-state index contributed by atoms with van der Waals surface area (Å²) in [6, 6.07) is 19.6. The third-order valence-electron chi connectivity index (χ3n) is 6.99. The molecule has 4 heteroatoms. The molecule has 0 amide bonds. The molecule has 0 atom stereocenters. The van der Waals surface area contributed by atoms with Crippen LogP contribution in [0.4, 0.5) is 0 Å². The van der Waals surface area contributed by atoms with Gasteiger partial charge < -0.3 is 0 Å². The number of nitrogens with zero attached hydrogens (tertiary/aromatic N) is 4. The molecule has 2 aliphatic rings. The Morgan fingerprint density at radius 2 is 1.74 bits per heavy atom. The normalized spacial score (nSPS) is 13.5. The van der Waals surface area contributed by atoms with Crippen molar-refractivity contribution in [1.29, 1.82) is 0 Å². The zero-order valence-electron chi connectivity index (χ0n) is 16.6. The second kappa shape index (κ2) is 5.35. The first-order valence-corrected chi connectivity index (χ1v) is 10.6. The second-order valence-electron chi connectivity index (χ2n) is 8.50. The van der Waals surface area contributed by atoms with Crippen LogP contribution in [0.3, 0.4) is 0 Å². The van der Waals surface area contributed by atoms with Crippen LogP contribution in [0.2, 0.25) is 0 Å². The standard InChI is InChI=1S/C27H16N4/c1-2-5-17-15(4-1)12-20-18(17)8-7-16-13-23-26(24(16)20)30-27-19-9-11-28-14-21(19)25-22(31(23)27)6-3-10-29-25/h1-11,14H,12-13H2. The Labute approximate surface area is 177 Å². The molecule has 4 aromatic heterocycles. The monoisotopic (exact) mass is 396 g/mol. The van der Waals surface area contributed by atoms with E-state index in [1.54, 1.807) is 0 Å². The first-order chi connectivity index (χ1) is 15.4. The van der Waals surface area contributed by atoms with Gasteiger partial charge in [-0.15, -0.1) is 0 Å². The van der Waals surface area contributed by atoms with Crippen LogP contribution in [0.1, 0.15) is 22.4 Å².